The van der Waals surface area contributed by atoms with Gasteiger partial charge in [-0.25, -0.2) is 0 Å². The van der Waals surface area contributed by atoms with Crippen LogP contribution in [0.3, 0.4) is 0 Å². The van der Waals surface area contributed by atoms with Gasteiger partial charge in [0.05, 0.1) is 12.2 Å². The fourth-order valence-corrected chi connectivity index (χ4v) is 1.93. The molecule has 0 saturated carbocycles. The highest BCUT2D eigenvalue weighted by Crippen LogP contribution is 2.27. The molecule has 0 aromatic heterocycles. The molecule has 3 heteroatoms. The average Bonchev–Trinajstić information content (AvgIpc) is 2.39. The number of rotatable bonds is 8. The van der Waals surface area contributed by atoms with Crippen LogP contribution in [0.4, 0.5) is 0 Å². The van der Waals surface area contributed by atoms with Crippen molar-refractivity contribution < 1.29 is 14.3 Å². The molecule has 0 bridgehead atoms. The van der Waals surface area contributed by atoms with Crippen molar-refractivity contribution in [1.82, 2.24) is 0 Å². The Labute approximate surface area is 115 Å². The average molecular weight is 262 g/mol. The molecular weight excluding hydrogens is 240 g/mol. The minimum Gasteiger partial charge on any atom is -0.490 e. The van der Waals surface area contributed by atoms with Crippen LogP contribution in [0.25, 0.3) is 0 Å². The van der Waals surface area contributed by atoms with E-state index in [4.69, 9.17) is 9.47 Å². The van der Waals surface area contributed by atoms with Crippen LogP contribution in [0.2, 0.25) is 0 Å². The highest BCUT2D eigenvalue weighted by atomic mass is 16.5. The standard InChI is InChI=1S/C16H22O3/c1-5-13-9-14(8-12(2)3)16(15(10-13)11-17)19-7-6-18-4/h9-11H,2,5-8H2,1,3-4H3. The maximum Gasteiger partial charge on any atom is 0.153 e. The number of carbonyl (C=O) groups excluding carboxylic acids is 1. The number of benzene rings is 1. The van der Waals surface area contributed by atoms with Gasteiger partial charge in [0.2, 0.25) is 0 Å². The number of hydrogen-bond acceptors (Lipinski definition) is 3. The molecule has 0 heterocycles. The Balaban J connectivity index is 3.12. The van der Waals surface area contributed by atoms with Crippen LogP contribution < -0.4 is 4.74 Å². The van der Waals surface area contributed by atoms with Crippen molar-refractivity contribution in [3.63, 3.8) is 0 Å². The molecule has 0 aliphatic heterocycles. The molecule has 0 spiro atoms. The van der Waals surface area contributed by atoms with Gasteiger partial charge in [0.15, 0.2) is 6.29 Å². The molecule has 1 aromatic carbocycles. The third-order valence-electron chi connectivity index (χ3n) is 2.82. The molecule has 0 aliphatic carbocycles. The first-order chi connectivity index (χ1) is 9.12. The number of methoxy groups -OCH3 is 1. The van der Waals surface area contributed by atoms with Crippen LogP contribution in [-0.2, 0) is 17.6 Å². The zero-order chi connectivity index (χ0) is 14.3. The second kappa shape index (κ2) is 7.74. The van der Waals surface area contributed by atoms with Crippen molar-refractivity contribution in [2.24, 2.45) is 0 Å². The van der Waals surface area contributed by atoms with Crippen molar-refractivity contribution in [3.8, 4) is 5.75 Å². The zero-order valence-corrected chi connectivity index (χ0v) is 12.0. The highest BCUT2D eigenvalue weighted by molar-refractivity contribution is 5.81. The maximum atomic E-state index is 11.2. The van der Waals surface area contributed by atoms with Crippen LogP contribution >= 0.6 is 0 Å². The Morgan fingerprint density at radius 1 is 1.37 bits per heavy atom. The zero-order valence-electron chi connectivity index (χ0n) is 12.0. The summed E-state index contributed by atoms with van der Waals surface area (Å²) in [5.74, 6) is 0.659. The third kappa shape index (κ3) is 4.52. The molecule has 0 amide bonds. The van der Waals surface area contributed by atoms with Crippen LogP contribution in [0.1, 0.15) is 35.3 Å². The summed E-state index contributed by atoms with van der Waals surface area (Å²) < 4.78 is 10.7. The van der Waals surface area contributed by atoms with Crippen LogP contribution in [0, 0.1) is 0 Å². The summed E-state index contributed by atoms with van der Waals surface area (Å²) >= 11 is 0. The van der Waals surface area contributed by atoms with Gasteiger partial charge in [0.1, 0.15) is 12.4 Å². The van der Waals surface area contributed by atoms with Gasteiger partial charge in [-0.2, -0.15) is 0 Å². The fourth-order valence-electron chi connectivity index (χ4n) is 1.93. The predicted octanol–water partition coefficient (Wildman–Crippen LogP) is 3.21. The largest absolute Gasteiger partial charge is 0.490 e. The Morgan fingerprint density at radius 2 is 2.11 bits per heavy atom. The minimum atomic E-state index is 0.437. The molecule has 19 heavy (non-hydrogen) atoms. The van der Waals surface area contributed by atoms with Gasteiger partial charge in [-0.05, 0) is 37.0 Å². The first-order valence-electron chi connectivity index (χ1n) is 6.49. The van der Waals surface area contributed by atoms with Crippen molar-refractivity contribution >= 4 is 6.29 Å². The van der Waals surface area contributed by atoms with Gasteiger partial charge in [0, 0.05) is 7.11 Å². The monoisotopic (exact) mass is 262 g/mol. The molecule has 3 nitrogen and oxygen atoms in total. The van der Waals surface area contributed by atoms with Gasteiger partial charge in [-0.15, -0.1) is 0 Å². The summed E-state index contributed by atoms with van der Waals surface area (Å²) in [5.41, 5.74) is 3.80. The SMILES string of the molecule is C=C(C)Cc1cc(CC)cc(C=O)c1OCCOC. The molecular formula is C16H22O3. The summed E-state index contributed by atoms with van der Waals surface area (Å²) in [6.07, 6.45) is 2.46. The second-order valence-electron chi connectivity index (χ2n) is 4.62. The number of carbonyl (C=O) groups is 1. The normalized spacial score (nSPS) is 10.3. The molecule has 1 aromatic rings. The Kier molecular flexibility index (Phi) is 6.30. The molecule has 0 saturated heterocycles. The molecule has 0 aliphatic rings. The number of ether oxygens (including phenoxy) is 2. The van der Waals surface area contributed by atoms with E-state index in [1.165, 1.54) is 0 Å². The van der Waals surface area contributed by atoms with Crippen molar-refractivity contribution in [3.05, 3.63) is 41.0 Å². The molecule has 0 N–H and O–H groups in total. The number of hydrogen-bond donors (Lipinski definition) is 0. The summed E-state index contributed by atoms with van der Waals surface area (Å²) in [4.78, 5) is 11.2. The van der Waals surface area contributed by atoms with E-state index >= 15 is 0 Å². The van der Waals surface area contributed by atoms with Crippen molar-refractivity contribution in [2.45, 2.75) is 26.7 Å². The second-order valence-corrected chi connectivity index (χ2v) is 4.62. The quantitative estimate of drug-likeness (QED) is 0.410. The van der Waals surface area contributed by atoms with Gasteiger partial charge in [-0.3, -0.25) is 4.79 Å². The lowest BCUT2D eigenvalue weighted by Gasteiger charge is -2.15. The van der Waals surface area contributed by atoms with E-state index in [0.29, 0.717) is 24.5 Å². The first kappa shape index (κ1) is 15.4. The summed E-state index contributed by atoms with van der Waals surface area (Å²) in [5, 5.41) is 0. The molecule has 104 valence electrons. The third-order valence-corrected chi connectivity index (χ3v) is 2.82. The Bertz CT molecular complexity index is 450. The van der Waals surface area contributed by atoms with E-state index in [2.05, 4.69) is 19.6 Å². The van der Waals surface area contributed by atoms with Crippen LogP contribution in [-0.4, -0.2) is 26.6 Å². The Morgan fingerprint density at radius 3 is 2.63 bits per heavy atom. The van der Waals surface area contributed by atoms with E-state index in [-0.39, 0.29) is 0 Å². The van der Waals surface area contributed by atoms with E-state index in [9.17, 15) is 4.79 Å². The molecule has 1 rings (SSSR count). The maximum absolute atomic E-state index is 11.2. The van der Waals surface area contributed by atoms with Gasteiger partial charge in [0.25, 0.3) is 0 Å². The van der Waals surface area contributed by atoms with Crippen molar-refractivity contribution in [1.29, 1.82) is 0 Å². The molecule has 0 atom stereocenters. The van der Waals surface area contributed by atoms with Gasteiger partial charge < -0.3 is 9.47 Å². The number of allylic oxidation sites excluding steroid dienone is 1. The van der Waals surface area contributed by atoms with Crippen LogP contribution in [0.15, 0.2) is 24.3 Å². The minimum absolute atomic E-state index is 0.437. The Hall–Kier alpha value is -1.61. The van der Waals surface area contributed by atoms with Crippen molar-refractivity contribution in [2.75, 3.05) is 20.3 Å². The van der Waals surface area contributed by atoms with Crippen LogP contribution in [0.5, 0.6) is 5.75 Å². The van der Waals surface area contributed by atoms with E-state index in [0.717, 1.165) is 35.8 Å². The lowest BCUT2D eigenvalue weighted by Crippen LogP contribution is -2.09. The highest BCUT2D eigenvalue weighted by Gasteiger charge is 2.12. The fraction of sp³-hybridized carbons (Fsp3) is 0.438. The summed E-state index contributed by atoms with van der Waals surface area (Å²) in [6, 6.07) is 3.97. The van der Waals surface area contributed by atoms with E-state index in [1.807, 2.05) is 13.0 Å². The first-order valence-corrected chi connectivity index (χ1v) is 6.49. The van der Waals surface area contributed by atoms with E-state index < -0.39 is 0 Å². The topological polar surface area (TPSA) is 35.5 Å². The summed E-state index contributed by atoms with van der Waals surface area (Å²) in [6.45, 7) is 8.91. The van der Waals surface area contributed by atoms with E-state index in [1.54, 1.807) is 7.11 Å². The number of aryl methyl sites for hydroxylation is 1. The lowest BCUT2D eigenvalue weighted by molar-refractivity contribution is 0.111. The molecule has 0 unspecified atom stereocenters. The summed E-state index contributed by atoms with van der Waals surface area (Å²) in [7, 11) is 1.62. The van der Waals surface area contributed by atoms with Gasteiger partial charge >= 0.3 is 0 Å². The number of aldehydes is 1. The predicted molar refractivity (Wildman–Crippen MR) is 77.1 cm³/mol. The van der Waals surface area contributed by atoms with Gasteiger partial charge in [-0.1, -0.05) is 25.1 Å². The molecule has 0 radical (unpaired) electrons. The smallest absolute Gasteiger partial charge is 0.153 e. The molecule has 0 fully saturated rings. The lowest BCUT2D eigenvalue weighted by atomic mass is 9.98.